The highest BCUT2D eigenvalue weighted by atomic mass is 19.1. The highest BCUT2D eigenvalue weighted by molar-refractivity contribution is 5.36. The Hall–Kier alpha value is -1.75. The number of benzene rings is 1. The molecule has 1 aromatic carbocycles. The second kappa shape index (κ2) is 5.09. The summed E-state index contributed by atoms with van der Waals surface area (Å²) in [7, 11) is 0. The molecule has 0 bridgehead atoms. The van der Waals surface area contributed by atoms with E-state index in [9.17, 15) is 8.78 Å². The Labute approximate surface area is 110 Å². The van der Waals surface area contributed by atoms with Crippen molar-refractivity contribution in [2.45, 2.75) is 18.8 Å². The van der Waals surface area contributed by atoms with Crippen LogP contribution in [0, 0.1) is 11.6 Å². The predicted octanol–water partition coefficient (Wildman–Crippen LogP) is 2.62. The van der Waals surface area contributed by atoms with Crippen LogP contribution in [0.1, 0.15) is 24.5 Å². The average molecular weight is 263 g/mol. The van der Waals surface area contributed by atoms with Crippen LogP contribution in [0.4, 0.5) is 8.78 Å². The maximum atomic E-state index is 13.9. The van der Waals surface area contributed by atoms with E-state index >= 15 is 0 Å². The van der Waals surface area contributed by atoms with E-state index in [1.807, 2.05) is 0 Å². The van der Waals surface area contributed by atoms with E-state index in [4.69, 9.17) is 0 Å². The van der Waals surface area contributed by atoms with Crippen LogP contribution in [0.2, 0.25) is 0 Å². The molecule has 1 saturated heterocycles. The van der Waals surface area contributed by atoms with Gasteiger partial charge in [-0.3, -0.25) is 0 Å². The van der Waals surface area contributed by atoms with Crippen LogP contribution in [-0.4, -0.2) is 22.6 Å². The van der Waals surface area contributed by atoms with Crippen molar-refractivity contribution in [1.29, 1.82) is 0 Å². The van der Waals surface area contributed by atoms with Gasteiger partial charge in [0.25, 0.3) is 0 Å². The van der Waals surface area contributed by atoms with Gasteiger partial charge in [-0.25, -0.2) is 13.8 Å². The molecule has 0 spiro atoms. The number of imidazole rings is 1. The zero-order valence-electron chi connectivity index (χ0n) is 10.4. The molecule has 100 valence electrons. The largest absolute Gasteiger partial charge is 0.317 e. The zero-order valence-corrected chi connectivity index (χ0v) is 10.4. The standard InChI is InChI=1S/C14H15F2N3/c15-11-1-2-13(12(16)7-11)19-9-18-8-14(19)10-3-5-17-6-4-10/h1-2,7-10,17H,3-6H2. The van der Waals surface area contributed by atoms with Crippen molar-refractivity contribution in [3.63, 3.8) is 0 Å². The van der Waals surface area contributed by atoms with Crippen molar-refractivity contribution >= 4 is 0 Å². The molecule has 5 heteroatoms. The molecule has 1 aliphatic rings. The van der Waals surface area contributed by atoms with Crippen molar-refractivity contribution < 1.29 is 8.78 Å². The van der Waals surface area contributed by atoms with Crippen molar-refractivity contribution in [3.8, 4) is 5.69 Å². The lowest BCUT2D eigenvalue weighted by atomic mass is 9.95. The summed E-state index contributed by atoms with van der Waals surface area (Å²) in [5.41, 5.74) is 1.35. The Morgan fingerprint density at radius 2 is 2.00 bits per heavy atom. The summed E-state index contributed by atoms with van der Waals surface area (Å²) in [6, 6.07) is 3.63. The topological polar surface area (TPSA) is 29.9 Å². The van der Waals surface area contributed by atoms with Crippen LogP contribution < -0.4 is 5.32 Å². The van der Waals surface area contributed by atoms with Gasteiger partial charge in [-0.2, -0.15) is 0 Å². The first-order valence-electron chi connectivity index (χ1n) is 6.44. The summed E-state index contributed by atoms with van der Waals surface area (Å²) >= 11 is 0. The molecule has 1 N–H and O–H groups in total. The number of piperidine rings is 1. The summed E-state index contributed by atoms with van der Waals surface area (Å²) in [6.45, 7) is 1.92. The van der Waals surface area contributed by atoms with E-state index in [0.717, 1.165) is 37.7 Å². The van der Waals surface area contributed by atoms with Crippen molar-refractivity contribution in [2.75, 3.05) is 13.1 Å². The van der Waals surface area contributed by atoms with Crippen LogP contribution in [0.15, 0.2) is 30.7 Å². The van der Waals surface area contributed by atoms with Gasteiger partial charge in [0, 0.05) is 23.9 Å². The van der Waals surface area contributed by atoms with Gasteiger partial charge < -0.3 is 9.88 Å². The fourth-order valence-electron chi connectivity index (χ4n) is 2.60. The van der Waals surface area contributed by atoms with Crippen LogP contribution in [0.25, 0.3) is 5.69 Å². The smallest absolute Gasteiger partial charge is 0.150 e. The van der Waals surface area contributed by atoms with Gasteiger partial charge in [0.05, 0.1) is 12.0 Å². The first-order valence-corrected chi connectivity index (χ1v) is 6.44. The second-order valence-corrected chi connectivity index (χ2v) is 4.81. The van der Waals surface area contributed by atoms with Crippen molar-refractivity contribution in [1.82, 2.24) is 14.9 Å². The van der Waals surface area contributed by atoms with Gasteiger partial charge in [0.2, 0.25) is 0 Å². The lowest BCUT2D eigenvalue weighted by molar-refractivity contribution is 0.448. The van der Waals surface area contributed by atoms with Crippen LogP contribution in [-0.2, 0) is 0 Å². The first kappa shape index (κ1) is 12.3. The van der Waals surface area contributed by atoms with Crippen LogP contribution >= 0.6 is 0 Å². The van der Waals surface area contributed by atoms with Crippen molar-refractivity contribution in [2.24, 2.45) is 0 Å². The summed E-state index contributed by atoms with van der Waals surface area (Å²) in [6.07, 6.45) is 5.38. The third kappa shape index (κ3) is 2.38. The molecular weight excluding hydrogens is 248 g/mol. The summed E-state index contributed by atoms with van der Waals surface area (Å²) in [4.78, 5) is 4.12. The van der Waals surface area contributed by atoms with E-state index < -0.39 is 11.6 Å². The first-order chi connectivity index (χ1) is 9.25. The molecule has 2 heterocycles. The molecule has 1 fully saturated rings. The van der Waals surface area contributed by atoms with Crippen LogP contribution in [0.5, 0.6) is 0 Å². The molecule has 0 radical (unpaired) electrons. The SMILES string of the molecule is Fc1ccc(-n2cncc2C2CCNCC2)c(F)c1. The molecule has 3 rings (SSSR count). The van der Waals surface area contributed by atoms with E-state index in [1.54, 1.807) is 17.1 Å². The van der Waals surface area contributed by atoms with Gasteiger partial charge >= 0.3 is 0 Å². The number of rotatable bonds is 2. The van der Waals surface area contributed by atoms with Gasteiger partial charge in [-0.05, 0) is 38.1 Å². The average Bonchev–Trinajstić information content (AvgIpc) is 2.89. The fourth-order valence-corrected chi connectivity index (χ4v) is 2.60. The van der Waals surface area contributed by atoms with Gasteiger partial charge in [0.1, 0.15) is 11.6 Å². The Balaban J connectivity index is 1.99. The molecule has 2 aromatic rings. The third-order valence-corrected chi connectivity index (χ3v) is 3.59. The van der Waals surface area contributed by atoms with Gasteiger partial charge in [-0.1, -0.05) is 0 Å². The Morgan fingerprint density at radius 3 is 2.74 bits per heavy atom. The normalized spacial score (nSPS) is 16.7. The minimum atomic E-state index is -0.565. The maximum absolute atomic E-state index is 13.9. The highest BCUT2D eigenvalue weighted by Crippen LogP contribution is 2.27. The number of nitrogens with one attached hydrogen (secondary N) is 1. The summed E-state index contributed by atoms with van der Waals surface area (Å²) in [5.74, 6) is -0.758. The highest BCUT2D eigenvalue weighted by Gasteiger charge is 2.20. The quantitative estimate of drug-likeness (QED) is 0.902. The van der Waals surface area contributed by atoms with E-state index in [-0.39, 0.29) is 0 Å². The molecule has 0 amide bonds. The molecule has 1 aliphatic heterocycles. The van der Waals surface area contributed by atoms with E-state index in [2.05, 4.69) is 10.3 Å². The molecule has 1 aromatic heterocycles. The number of aromatic nitrogens is 2. The number of hydrogen-bond acceptors (Lipinski definition) is 2. The second-order valence-electron chi connectivity index (χ2n) is 4.81. The van der Waals surface area contributed by atoms with Gasteiger partial charge in [0.15, 0.2) is 0 Å². The minimum absolute atomic E-state index is 0.354. The lowest BCUT2D eigenvalue weighted by Gasteiger charge is -2.23. The molecule has 0 saturated carbocycles. The van der Waals surface area contributed by atoms with Crippen molar-refractivity contribution in [3.05, 3.63) is 48.1 Å². The Morgan fingerprint density at radius 1 is 1.21 bits per heavy atom. The lowest BCUT2D eigenvalue weighted by Crippen LogP contribution is -2.27. The minimum Gasteiger partial charge on any atom is -0.317 e. The monoisotopic (exact) mass is 263 g/mol. The Kier molecular flexibility index (Phi) is 3.29. The number of halogens is 2. The molecular formula is C14H15F2N3. The zero-order chi connectivity index (χ0) is 13.2. The molecule has 0 atom stereocenters. The number of nitrogens with zero attached hydrogens (tertiary/aromatic N) is 2. The molecule has 0 unspecified atom stereocenters. The Bertz CT molecular complexity index is 574. The van der Waals surface area contributed by atoms with Crippen LogP contribution in [0.3, 0.4) is 0 Å². The number of hydrogen-bond donors (Lipinski definition) is 1. The maximum Gasteiger partial charge on any atom is 0.150 e. The molecule has 0 aliphatic carbocycles. The molecule has 3 nitrogen and oxygen atoms in total. The summed E-state index contributed by atoms with van der Waals surface area (Å²) in [5, 5.41) is 3.30. The fraction of sp³-hybridized carbons (Fsp3) is 0.357. The van der Waals surface area contributed by atoms with E-state index in [0.29, 0.717) is 11.6 Å². The van der Waals surface area contributed by atoms with Gasteiger partial charge in [-0.15, -0.1) is 0 Å². The third-order valence-electron chi connectivity index (χ3n) is 3.59. The molecule has 19 heavy (non-hydrogen) atoms. The van der Waals surface area contributed by atoms with E-state index in [1.165, 1.54) is 12.1 Å². The predicted molar refractivity (Wildman–Crippen MR) is 68.3 cm³/mol. The summed E-state index contributed by atoms with van der Waals surface area (Å²) < 4.78 is 28.6.